The number of rotatable bonds is 5. The van der Waals surface area contributed by atoms with E-state index in [2.05, 4.69) is 0 Å². The van der Waals surface area contributed by atoms with Gasteiger partial charge in [-0.1, -0.05) is 49.6 Å². The zero-order valence-electron chi connectivity index (χ0n) is 17.9. The molecule has 1 spiro atoms. The van der Waals surface area contributed by atoms with Crippen LogP contribution in [-0.4, -0.2) is 84.8 Å². The Balaban J connectivity index is 1.35. The fraction of sp³-hybridized carbons (Fsp3) is 0.545. The second-order valence-electron chi connectivity index (χ2n) is 8.58. The number of urea groups is 1. The molecule has 8 nitrogen and oxygen atoms in total. The van der Waals surface area contributed by atoms with Gasteiger partial charge in [-0.05, 0) is 24.5 Å². The Hall–Kier alpha value is -2.23. The van der Waals surface area contributed by atoms with Gasteiger partial charge in [0, 0.05) is 38.6 Å². The first-order chi connectivity index (χ1) is 14.8. The highest BCUT2D eigenvalue weighted by atomic mass is 32.2. The van der Waals surface area contributed by atoms with Gasteiger partial charge in [-0.25, -0.2) is 18.1 Å². The van der Waals surface area contributed by atoms with Gasteiger partial charge in [0.15, 0.2) is 0 Å². The second-order valence-corrected chi connectivity index (χ2v) is 10.4. The fourth-order valence-corrected chi connectivity index (χ4v) is 5.97. The van der Waals surface area contributed by atoms with Gasteiger partial charge >= 0.3 is 6.03 Å². The van der Waals surface area contributed by atoms with Crippen molar-refractivity contribution in [2.75, 3.05) is 39.9 Å². The number of benzene rings is 1. The number of hydrogen-bond acceptors (Lipinski definition) is 5. The van der Waals surface area contributed by atoms with E-state index in [1.54, 1.807) is 18.0 Å². The number of imide groups is 1. The van der Waals surface area contributed by atoms with E-state index in [1.807, 2.05) is 35.2 Å². The number of amides is 3. The standard InChI is InChI=1S/C22H30N4O4S/c1-23-21(28)26(20(27)22(23)11-6-3-7-12-22)18-24-13-15-25(16-14-24)31(29,30)17-10-19-8-4-2-5-9-19/h2,4-5,8-10,17H,3,6-7,11-16,18H2,1H3. The highest BCUT2D eigenvalue weighted by Crippen LogP contribution is 2.39. The van der Waals surface area contributed by atoms with Crippen molar-refractivity contribution in [1.29, 1.82) is 0 Å². The van der Waals surface area contributed by atoms with Gasteiger partial charge in [-0.2, -0.15) is 4.31 Å². The first-order valence-electron chi connectivity index (χ1n) is 10.9. The molecule has 0 radical (unpaired) electrons. The molecule has 0 bridgehead atoms. The summed E-state index contributed by atoms with van der Waals surface area (Å²) >= 11 is 0. The van der Waals surface area contributed by atoms with Crippen LogP contribution in [0.2, 0.25) is 0 Å². The van der Waals surface area contributed by atoms with Crippen LogP contribution in [0.3, 0.4) is 0 Å². The predicted octanol–water partition coefficient (Wildman–Crippen LogP) is 2.16. The van der Waals surface area contributed by atoms with Crippen LogP contribution in [0.5, 0.6) is 0 Å². The molecule has 2 heterocycles. The summed E-state index contributed by atoms with van der Waals surface area (Å²) in [5, 5.41) is 1.24. The van der Waals surface area contributed by atoms with Crippen molar-refractivity contribution in [2.24, 2.45) is 0 Å². The third kappa shape index (κ3) is 4.26. The molecule has 1 saturated carbocycles. The molecule has 4 rings (SSSR count). The Morgan fingerprint density at radius 2 is 1.61 bits per heavy atom. The van der Waals surface area contributed by atoms with Crippen LogP contribution in [0.4, 0.5) is 4.79 Å². The van der Waals surface area contributed by atoms with Crippen LogP contribution in [-0.2, 0) is 14.8 Å². The van der Waals surface area contributed by atoms with E-state index in [1.165, 1.54) is 14.6 Å². The number of hydrogen-bond donors (Lipinski definition) is 0. The normalized spacial score (nSPS) is 23.4. The molecule has 0 aromatic heterocycles. The summed E-state index contributed by atoms with van der Waals surface area (Å²) in [5.74, 6) is -0.0967. The van der Waals surface area contributed by atoms with Crippen molar-refractivity contribution in [3.05, 3.63) is 41.3 Å². The van der Waals surface area contributed by atoms with Gasteiger partial charge in [0.25, 0.3) is 5.91 Å². The quantitative estimate of drug-likeness (QED) is 0.648. The molecule has 3 amide bonds. The van der Waals surface area contributed by atoms with Crippen LogP contribution >= 0.6 is 0 Å². The Morgan fingerprint density at radius 1 is 0.968 bits per heavy atom. The predicted molar refractivity (Wildman–Crippen MR) is 118 cm³/mol. The Kier molecular flexibility index (Phi) is 6.18. The van der Waals surface area contributed by atoms with E-state index < -0.39 is 15.6 Å². The molecule has 31 heavy (non-hydrogen) atoms. The van der Waals surface area contributed by atoms with Gasteiger partial charge in [-0.3, -0.25) is 9.69 Å². The van der Waals surface area contributed by atoms with Crippen molar-refractivity contribution < 1.29 is 18.0 Å². The number of likely N-dealkylation sites (N-methyl/N-ethyl adjacent to an activating group) is 1. The number of carbonyl (C=O) groups excluding carboxylic acids is 2. The third-order valence-electron chi connectivity index (χ3n) is 6.75. The maximum atomic E-state index is 13.1. The van der Waals surface area contributed by atoms with Crippen molar-refractivity contribution in [3.8, 4) is 0 Å². The summed E-state index contributed by atoms with van der Waals surface area (Å²) in [6, 6.07) is 9.07. The zero-order chi connectivity index (χ0) is 22.1. The van der Waals surface area contributed by atoms with Gasteiger partial charge in [0.05, 0.1) is 6.67 Å². The molecule has 3 aliphatic rings. The molecule has 1 aromatic carbocycles. The summed E-state index contributed by atoms with van der Waals surface area (Å²) < 4.78 is 26.8. The Morgan fingerprint density at radius 3 is 2.26 bits per heavy atom. The van der Waals surface area contributed by atoms with E-state index in [-0.39, 0.29) is 18.6 Å². The summed E-state index contributed by atoms with van der Waals surface area (Å²) in [4.78, 5) is 30.9. The smallest absolute Gasteiger partial charge is 0.313 e. The number of carbonyl (C=O) groups is 2. The monoisotopic (exact) mass is 446 g/mol. The second kappa shape index (κ2) is 8.72. The van der Waals surface area contributed by atoms with Crippen molar-refractivity contribution in [2.45, 2.75) is 37.6 Å². The molecule has 0 N–H and O–H groups in total. The largest absolute Gasteiger partial charge is 0.328 e. The van der Waals surface area contributed by atoms with Crippen molar-refractivity contribution in [1.82, 2.24) is 19.0 Å². The fourth-order valence-electron chi connectivity index (χ4n) is 4.80. The minimum Gasteiger partial charge on any atom is -0.313 e. The van der Waals surface area contributed by atoms with Crippen molar-refractivity contribution >= 4 is 28.0 Å². The topological polar surface area (TPSA) is 81.2 Å². The number of nitrogens with zero attached hydrogens (tertiary/aromatic N) is 4. The van der Waals surface area contributed by atoms with Gasteiger partial charge in [0.1, 0.15) is 5.54 Å². The minimum atomic E-state index is -3.51. The van der Waals surface area contributed by atoms with E-state index in [9.17, 15) is 18.0 Å². The van der Waals surface area contributed by atoms with Crippen LogP contribution in [0.1, 0.15) is 37.7 Å². The minimum absolute atomic E-state index is 0.0967. The summed E-state index contributed by atoms with van der Waals surface area (Å²) in [6.07, 6.45) is 6.08. The summed E-state index contributed by atoms with van der Waals surface area (Å²) in [6.45, 7) is 1.84. The maximum Gasteiger partial charge on any atom is 0.328 e. The van der Waals surface area contributed by atoms with E-state index in [0.717, 1.165) is 37.7 Å². The molecular formula is C22H30N4O4S. The van der Waals surface area contributed by atoms with Gasteiger partial charge in [0.2, 0.25) is 10.0 Å². The highest BCUT2D eigenvalue weighted by Gasteiger charge is 2.55. The Bertz CT molecular complexity index is 949. The third-order valence-corrected chi connectivity index (χ3v) is 8.31. The van der Waals surface area contributed by atoms with E-state index in [0.29, 0.717) is 26.2 Å². The molecule has 1 aromatic rings. The molecule has 0 unspecified atom stereocenters. The zero-order valence-corrected chi connectivity index (χ0v) is 18.8. The van der Waals surface area contributed by atoms with E-state index >= 15 is 0 Å². The molecule has 0 atom stereocenters. The first kappa shape index (κ1) is 22.0. The van der Waals surface area contributed by atoms with Crippen LogP contribution in [0.15, 0.2) is 35.7 Å². The molecular weight excluding hydrogens is 416 g/mol. The maximum absolute atomic E-state index is 13.1. The van der Waals surface area contributed by atoms with E-state index in [4.69, 9.17) is 0 Å². The van der Waals surface area contributed by atoms with Crippen LogP contribution in [0, 0.1) is 0 Å². The summed E-state index contributed by atoms with van der Waals surface area (Å²) in [7, 11) is -1.78. The lowest BCUT2D eigenvalue weighted by Crippen LogP contribution is -2.53. The van der Waals surface area contributed by atoms with Crippen LogP contribution < -0.4 is 0 Å². The molecule has 2 aliphatic heterocycles. The Labute approximate surface area is 184 Å². The van der Waals surface area contributed by atoms with Gasteiger partial charge < -0.3 is 4.90 Å². The first-order valence-corrected chi connectivity index (χ1v) is 12.4. The lowest BCUT2D eigenvalue weighted by atomic mass is 9.81. The molecule has 168 valence electrons. The average molecular weight is 447 g/mol. The van der Waals surface area contributed by atoms with Gasteiger partial charge in [-0.15, -0.1) is 0 Å². The molecule has 9 heteroatoms. The van der Waals surface area contributed by atoms with Crippen LogP contribution in [0.25, 0.3) is 6.08 Å². The lowest BCUT2D eigenvalue weighted by molar-refractivity contribution is -0.136. The molecule has 3 fully saturated rings. The SMILES string of the molecule is CN1C(=O)N(CN2CCN(S(=O)(=O)C=Cc3ccccc3)CC2)C(=O)C12CCCCC2. The molecule has 1 aliphatic carbocycles. The number of sulfonamides is 1. The average Bonchev–Trinajstić information content (AvgIpc) is 2.96. The number of piperazine rings is 1. The lowest BCUT2D eigenvalue weighted by Gasteiger charge is -2.36. The highest BCUT2D eigenvalue weighted by molar-refractivity contribution is 7.92. The van der Waals surface area contributed by atoms with Crippen molar-refractivity contribution in [3.63, 3.8) is 0 Å². The molecule has 2 saturated heterocycles. The summed E-state index contributed by atoms with van der Waals surface area (Å²) in [5.41, 5.74) is 0.152.